The van der Waals surface area contributed by atoms with Crippen molar-refractivity contribution in [2.24, 2.45) is 0 Å². The Kier molecular flexibility index (Phi) is 6.27. The molecule has 0 heterocycles. The number of non-ortho nitro benzene ring substituents is 1. The molecule has 7 nitrogen and oxygen atoms in total. The highest BCUT2D eigenvalue weighted by molar-refractivity contribution is 5.74. The van der Waals surface area contributed by atoms with E-state index in [1.54, 1.807) is 12.1 Å². The average Bonchev–Trinajstić information content (AvgIpc) is 2.60. The molecule has 0 saturated heterocycles. The van der Waals surface area contributed by atoms with Gasteiger partial charge in [0.25, 0.3) is 5.69 Å². The topological polar surface area (TPSA) is 104 Å². The van der Waals surface area contributed by atoms with Gasteiger partial charge in [0.05, 0.1) is 17.6 Å². The lowest BCUT2D eigenvalue weighted by molar-refractivity contribution is -0.384. The number of benzene rings is 2. The molecule has 1 atom stereocenters. The van der Waals surface area contributed by atoms with Crippen molar-refractivity contribution >= 4 is 11.7 Å². The van der Waals surface area contributed by atoms with Gasteiger partial charge in [-0.25, -0.2) is 4.79 Å². The summed E-state index contributed by atoms with van der Waals surface area (Å²) in [5.41, 5.74) is 1.62. The third-order valence-electron chi connectivity index (χ3n) is 3.45. The number of amides is 2. The van der Waals surface area contributed by atoms with Crippen LogP contribution in [0.3, 0.4) is 0 Å². The summed E-state index contributed by atoms with van der Waals surface area (Å²) in [7, 11) is 0. The van der Waals surface area contributed by atoms with Crippen molar-refractivity contribution < 1.29 is 14.8 Å². The van der Waals surface area contributed by atoms with Crippen molar-refractivity contribution in [2.75, 3.05) is 6.61 Å². The van der Waals surface area contributed by atoms with E-state index in [4.69, 9.17) is 0 Å². The Morgan fingerprint density at radius 2 is 1.83 bits per heavy atom. The standard InChI is InChI=1S/C17H19N3O4/c21-12-15(9-13-5-2-1-3-6-13)19-17(22)18-11-14-7-4-8-16(10-14)20(23)24/h1-8,10,15,21H,9,11-12H2,(H2,18,19,22). The highest BCUT2D eigenvalue weighted by atomic mass is 16.6. The number of carbonyl (C=O) groups is 1. The number of aliphatic hydroxyl groups excluding tert-OH is 1. The van der Waals surface area contributed by atoms with Crippen LogP contribution in [0.4, 0.5) is 10.5 Å². The molecule has 2 amide bonds. The van der Waals surface area contributed by atoms with Gasteiger partial charge in [0, 0.05) is 18.7 Å². The van der Waals surface area contributed by atoms with Crippen LogP contribution in [-0.4, -0.2) is 28.7 Å². The SMILES string of the molecule is O=C(NCc1cccc([N+](=O)[O-])c1)NC(CO)Cc1ccccc1. The maximum absolute atomic E-state index is 11.9. The highest BCUT2D eigenvalue weighted by Crippen LogP contribution is 2.12. The molecule has 1 unspecified atom stereocenters. The van der Waals surface area contributed by atoms with Crippen LogP contribution in [0.15, 0.2) is 54.6 Å². The van der Waals surface area contributed by atoms with Gasteiger partial charge in [0.2, 0.25) is 0 Å². The van der Waals surface area contributed by atoms with Crippen molar-refractivity contribution in [2.45, 2.75) is 19.0 Å². The van der Waals surface area contributed by atoms with E-state index in [0.29, 0.717) is 12.0 Å². The molecule has 0 aliphatic rings. The number of nitro groups is 1. The van der Waals surface area contributed by atoms with E-state index in [0.717, 1.165) is 5.56 Å². The summed E-state index contributed by atoms with van der Waals surface area (Å²) in [6.45, 7) is -0.0177. The molecular weight excluding hydrogens is 310 g/mol. The first-order chi connectivity index (χ1) is 11.6. The summed E-state index contributed by atoms with van der Waals surface area (Å²) < 4.78 is 0. The maximum atomic E-state index is 11.9. The number of rotatable bonds is 7. The summed E-state index contributed by atoms with van der Waals surface area (Å²) in [6.07, 6.45) is 0.515. The second-order valence-corrected chi connectivity index (χ2v) is 5.32. The van der Waals surface area contributed by atoms with Gasteiger partial charge in [-0.05, 0) is 17.5 Å². The first kappa shape index (κ1) is 17.4. The molecule has 0 aliphatic carbocycles. The monoisotopic (exact) mass is 329 g/mol. The molecular formula is C17H19N3O4. The molecule has 24 heavy (non-hydrogen) atoms. The van der Waals surface area contributed by atoms with Crippen LogP contribution >= 0.6 is 0 Å². The van der Waals surface area contributed by atoms with E-state index in [1.807, 2.05) is 30.3 Å². The van der Waals surface area contributed by atoms with Crippen molar-refractivity contribution in [1.82, 2.24) is 10.6 Å². The van der Waals surface area contributed by atoms with Crippen LogP contribution in [0.1, 0.15) is 11.1 Å². The third kappa shape index (κ3) is 5.36. The van der Waals surface area contributed by atoms with Crippen molar-refractivity contribution in [3.8, 4) is 0 Å². The molecule has 2 aromatic rings. The number of carbonyl (C=O) groups excluding carboxylic acids is 1. The maximum Gasteiger partial charge on any atom is 0.315 e. The van der Waals surface area contributed by atoms with Crippen LogP contribution in [0.25, 0.3) is 0 Å². The zero-order valence-corrected chi connectivity index (χ0v) is 13.0. The Balaban J connectivity index is 1.85. The Morgan fingerprint density at radius 1 is 1.12 bits per heavy atom. The van der Waals surface area contributed by atoms with Gasteiger partial charge in [-0.1, -0.05) is 42.5 Å². The van der Waals surface area contributed by atoms with Gasteiger partial charge in [-0.15, -0.1) is 0 Å². The molecule has 0 aromatic heterocycles. The summed E-state index contributed by atoms with van der Waals surface area (Å²) in [6, 6.07) is 14.8. The number of urea groups is 1. The quantitative estimate of drug-likeness (QED) is 0.534. The molecule has 7 heteroatoms. The first-order valence-electron chi connectivity index (χ1n) is 7.51. The number of nitrogens with one attached hydrogen (secondary N) is 2. The number of hydrogen-bond donors (Lipinski definition) is 3. The molecule has 2 rings (SSSR count). The van der Waals surface area contributed by atoms with Crippen molar-refractivity contribution in [1.29, 1.82) is 0 Å². The zero-order valence-electron chi connectivity index (χ0n) is 13.0. The molecule has 0 fully saturated rings. The van der Waals surface area contributed by atoms with Gasteiger partial charge in [-0.3, -0.25) is 10.1 Å². The third-order valence-corrected chi connectivity index (χ3v) is 3.45. The number of aliphatic hydroxyl groups is 1. The Labute approximate surface area is 139 Å². The Hall–Kier alpha value is -2.93. The predicted molar refractivity (Wildman–Crippen MR) is 89.5 cm³/mol. The minimum atomic E-state index is -0.481. The largest absolute Gasteiger partial charge is 0.394 e. The summed E-state index contributed by atoms with van der Waals surface area (Å²) in [5, 5.41) is 25.4. The molecule has 0 radical (unpaired) electrons. The predicted octanol–water partition coefficient (Wildman–Crippen LogP) is 2.00. The average molecular weight is 329 g/mol. The van der Waals surface area contributed by atoms with E-state index < -0.39 is 17.0 Å². The fraction of sp³-hybridized carbons (Fsp3) is 0.235. The van der Waals surface area contributed by atoms with Crippen molar-refractivity contribution in [3.05, 3.63) is 75.8 Å². The fourth-order valence-electron chi connectivity index (χ4n) is 2.26. The molecule has 0 bridgehead atoms. The molecule has 0 saturated carbocycles. The van der Waals surface area contributed by atoms with E-state index in [-0.39, 0.29) is 18.8 Å². The number of nitro benzene ring substituents is 1. The summed E-state index contributed by atoms with van der Waals surface area (Å²) >= 11 is 0. The lowest BCUT2D eigenvalue weighted by atomic mass is 10.1. The van der Waals surface area contributed by atoms with Crippen LogP contribution in [0, 0.1) is 10.1 Å². The Bertz CT molecular complexity index is 691. The van der Waals surface area contributed by atoms with Crippen LogP contribution in [0.2, 0.25) is 0 Å². The molecule has 0 aliphatic heterocycles. The lowest BCUT2D eigenvalue weighted by Gasteiger charge is -2.17. The van der Waals surface area contributed by atoms with Gasteiger partial charge in [-0.2, -0.15) is 0 Å². The first-order valence-corrected chi connectivity index (χ1v) is 7.51. The minimum Gasteiger partial charge on any atom is -0.394 e. The van der Waals surface area contributed by atoms with Crippen LogP contribution in [-0.2, 0) is 13.0 Å². The second-order valence-electron chi connectivity index (χ2n) is 5.32. The van der Waals surface area contributed by atoms with Gasteiger partial charge in [0.15, 0.2) is 0 Å². The Morgan fingerprint density at radius 3 is 2.50 bits per heavy atom. The van der Waals surface area contributed by atoms with E-state index in [2.05, 4.69) is 10.6 Å². The van der Waals surface area contributed by atoms with E-state index >= 15 is 0 Å². The van der Waals surface area contributed by atoms with E-state index in [1.165, 1.54) is 12.1 Å². The fourth-order valence-corrected chi connectivity index (χ4v) is 2.26. The second kappa shape index (κ2) is 8.64. The lowest BCUT2D eigenvalue weighted by Crippen LogP contribution is -2.44. The smallest absolute Gasteiger partial charge is 0.315 e. The minimum absolute atomic E-state index is 0.0213. The normalized spacial score (nSPS) is 11.5. The summed E-state index contributed by atoms with van der Waals surface area (Å²) in [5.74, 6) is 0. The van der Waals surface area contributed by atoms with Crippen LogP contribution in [0.5, 0.6) is 0 Å². The van der Waals surface area contributed by atoms with Crippen molar-refractivity contribution in [3.63, 3.8) is 0 Å². The van der Waals surface area contributed by atoms with E-state index in [9.17, 15) is 20.0 Å². The molecule has 3 N–H and O–H groups in total. The number of hydrogen-bond acceptors (Lipinski definition) is 4. The summed E-state index contributed by atoms with van der Waals surface area (Å²) in [4.78, 5) is 22.2. The molecule has 0 spiro atoms. The highest BCUT2D eigenvalue weighted by Gasteiger charge is 2.12. The molecule has 2 aromatic carbocycles. The molecule has 126 valence electrons. The van der Waals surface area contributed by atoms with Crippen LogP contribution < -0.4 is 10.6 Å². The van der Waals surface area contributed by atoms with Gasteiger partial charge < -0.3 is 15.7 Å². The van der Waals surface area contributed by atoms with Gasteiger partial charge in [0.1, 0.15) is 0 Å². The van der Waals surface area contributed by atoms with Gasteiger partial charge >= 0.3 is 6.03 Å². The zero-order chi connectivity index (χ0) is 17.4. The number of nitrogens with zero attached hydrogens (tertiary/aromatic N) is 1.